The second-order valence-electron chi connectivity index (χ2n) is 19.3. The van der Waals surface area contributed by atoms with Gasteiger partial charge in [-0.05, 0) is 66.6 Å². The van der Waals surface area contributed by atoms with Gasteiger partial charge in [0.05, 0.1) is 0 Å². The minimum atomic E-state index is 0.347. The Morgan fingerprint density at radius 1 is 0.286 bits per heavy atom. The maximum atomic E-state index is 11.1. The van der Waals surface area contributed by atoms with Gasteiger partial charge in [-0.3, -0.25) is 0 Å². The molecular formula is C48H96O. The van der Waals surface area contributed by atoms with E-state index < -0.39 is 0 Å². The Bertz CT molecular complexity index is 710. The number of Topliss-reactive ketones (excluding diaryl/α,β-unsaturated/α-hetero) is 1. The lowest BCUT2D eigenvalue weighted by Crippen LogP contribution is -2.03. The molecular weight excluding hydrogens is 593 g/mol. The van der Waals surface area contributed by atoms with Crippen molar-refractivity contribution in [1.29, 1.82) is 0 Å². The second kappa shape index (κ2) is 32.3. The summed E-state index contributed by atoms with van der Waals surface area (Å²) in [5.41, 5.74) is 0. The van der Waals surface area contributed by atoms with Gasteiger partial charge in [-0.1, -0.05) is 230 Å². The predicted molar refractivity (Wildman–Crippen MR) is 223 cm³/mol. The van der Waals surface area contributed by atoms with Crippen molar-refractivity contribution in [2.24, 2.45) is 53.3 Å². The number of carbonyl (C=O) groups is 1. The zero-order valence-electron chi connectivity index (χ0n) is 36.2. The van der Waals surface area contributed by atoms with Gasteiger partial charge < -0.3 is 4.79 Å². The summed E-state index contributed by atoms with van der Waals surface area (Å²) in [5.74, 6) is 8.36. The SMILES string of the molecule is CC(=O)CCCC(C)CCCC(C)CCCC(C)CCCC(C)CCCC(C)CCCC(C)CCCC(C)CCCC(C)CCCC(C)C. The van der Waals surface area contributed by atoms with Gasteiger partial charge in [-0.2, -0.15) is 0 Å². The van der Waals surface area contributed by atoms with E-state index in [1.807, 2.05) is 0 Å². The first-order valence-corrected chi connectivity index (χ1v) is 22.8. The molecule has 1 heteroatoms. The van der Waals surface area contributed by atoms with E-state index in [4.69, 9.17) is 0 Å². The van der Waals surface area contributed by atoms with Crippen LogP contribution in [0.25, 0.3) is 0 Å². The van der Waals surface area contributed by atoms with E-state index in [1.54, 1.807) is 6.92 Å². The molecule has 0 aliphatic rings. The number of rotatable bonds is 36. The standard InChI is InChI=1S/C48H96O/c1-39(2)21-12-22-40(3)23-13-24-41(4)25-14-26-42(5)27-15-28-43(6)29-16-30-44(7)31-17-32-45(8)33-18-34-46(9)35-19-36-47(10)37-20-38-48(11)49/h39-47H,12-38H2,1-11H3. The van der Waals surface area contributed by atoms with Gasteiger partial charge in [0, 0.05) is 6.42 Å². The van der Waals surface area contributed by atoms with E-state index in [9.17, 15) is 4.79 Å². The van der Waals surface area contributed by atoms with E-state index >= 15 is 0 Å². The van der Waals surface area contributed by atoms with Crippen LogP contribution in [0, 0.1) is 53.3 Å². The van der Waals surface area contributed by atoms with Crippen LogP contribution in [0.2, 0.25) is 0 Å². The molecule has 0 bridgehead atoms. The third-order valence-corrected chi connectivity index (χ3v) is 12.5. The highest BCUT2D eigenvalue weighted by Gasteiger charge is 2.12. The molecule has 294 valence electrons. The summed E-state index contributed by atoms with van der Waals surface area (Å²) in [7, 11) is 0. The quantitative estimate of drug-likeness (QED) is 0.0640. The van der Waals surface area contributed by atoms with E-state index in [0.717, 1.165) is 66.1 Å². The summed E-state index contributed by atoms with van der Waals surface area (Å²) in [6.45, 7) is 26.3. The summed E-state index contributed by atoms with van der Waals surface area (Å²) >= 11 is 0. The van der Waals surface area contributed by atoms with Crippen molar-refractivity contribution in [3.8, 4) is 0 Å². The van der Waals surface area contributed by atoms with Crippen molar-refractivity contribution in [3.63, 3.8) is 0 Å². The Balaban J connectivity index is 3.71. The molecule has 0 fully saturated rings. The Labute approximate surface area is 312 Å². The van der Waals surface area contributed by atoms with Crippen LogP contribution in [0.3, 0.4) is 0 Å². The molecule has 0 spiro atoms. The molecule has 0 aliphatic heterocycles. The minimum Gasteiger partial charge on any atom is -0.300 e. The Morgan fingerprint density at radius 2 is 0.449 bits per heavy atom. The first kappa shape index (κ1) is 48.7. The van der Waals surface area contributed by atoms with Gasteiger partial charge in [0.25, 0.3) is 0 Å². The highest BCUT2D eigenvalue weighted by Crippen LogP contribution is 2.27. The van der Waals surface area contributed by atoms with Crippen molar-refractivity contribution in [1.82, 2.24) is 0 Å². The lowest BCUT2D eigenvalue weighted by atomic mass is 9.88. The number of carbonyl (C=O) groups excluding carboxylic acids is 1. The van der Waals surface area contributed by atoms with Crippen molar-refractivity contribution >= 4 is 5.78 Å². The second-order valence-corrected chi connectivity index (χ2v) is 19.3. The first-order valence-electron chi connectivity index (χ1n) is 22.8. The fourth-order valence-corrected chi connectivity index (χ4v) is 8.43. The highest BCUT2D eigenvalue weighted by molar-refractivity contribution is 5.75. The van der Waals surface area contributed by atoms with Gasteiger partial charge in [0.1, 0.15) is 5.78 Å². The van der Waals surface area contributed by atoms with Crippen LogP contribution in [0.1, 0.15) is 250 Å². The number of hydrogen-bond donors (Lipinski definition) is 0. The Kier molecular flexibility index (Phi) is 32.1. The van der Waals surface area contributed by atoms with Crippen LogP contribution in [-0.4, -0.2) is 5.78 Å². The molecule has 0 aromatic carbocycles. The first-order chi connectivity index (χ1) is 23.3. The highest BCUT2D eigenvalue weighted by atomic mass is 16.1. The topological polar surface area (TPSA) is 17.1 Å². The van der Waals surface area contributed by atoms with Crippen molar-refractivity contribution < 1.29 is 4.79 Å². The molecule has 0 amide bonds. The third kappa shape index (κ3) is 34.5. The fraction of sp³-hybridized carbons (Fsp3) is 0.979. The Hall–Kier alpha value is -0.330. The largest absolute Gasteiger partial charge is 0.300 e. The molecule has 1 nitrogen and oxygen atoms in total. The zero-order valence-corrected chi connectivity index (χ0v) is 36.2. The molecule has 0 radical (unpaired) electrons. The molecule has 0 saturated heterocycles. The number of ketones is 1. The summed E-state index contributed by atoms with van der Waals surface area (Å²) in [6, 6.07) is 0. The average molecular weight is 689 g/mol. The van der Waals surface area contributed by atoms with Crippen LogP contribution < -0.4 is 0 Å². The molecule has 8 unspecified atom stereocenters. The van der Waals surface area contributed by atoms with Crippen LogP contribution in [0.15, 0.2) is 0 Å². The summed E-state index contributed by atoms with van der Waals surface area (Å²) in [4.78, 5) is 11.1. The van der Waals surface area contributed by atoms with Crippen LogP contribution in [0.5, 0.6) is 0 Å². The van der Waals surface area contributed by atoms with Crippen molar-refractivity contribution in [2.45, 2.75) is 250 Å². The summed E-state index contributed by atoms with van der Waals surface area (Å²) in [6.07, 6.45) is 37.4. The summed E-state index contributed by atoms with van der Waals surface area (Å²) in [5, 5.41) is 0. The van der Waals surface area contributed by atoms with Crippen molar-refractivity contribution in [2.75, 3.05) is 0 Å². The van der Waals surface area contributed by atoms with Gasteiger partial charge in [-0.15, -0.1) is 0 Å². The van der Waals surface area contributed by atoms with Crippen LogP contribution in [0.4, 0.5) is 0 Å². The Morgan fingerprint density at radius 3 is 0.612 bits per heavy atom. The monoisotopic (exact) mass is 689 g/mol. The smallest absolute Gasteiger partial charge is 0.129 e. The molecule has 0 saturated carbocycles. The molecule has 0 N–H and O–H groups in total. The summed E-state index contributed by atoms with van der Waals surface area (Å²) < 4.78 is 0. The van der Waals surface area contributed by atoms with Crippen LogP contribution in [-0.2, 0) is 4.79 Å². The van der Waals surface area contributed by atoms with Crippen LogP contribution >= 0.6 is 0 Å². The molecule has 0 rings (SSSR count). The van der Waals surface area contributed by atoms with Crippen molar-refractivity contribution in [3.05, 3.63) is 0 Å². The van der Waals surface area contributed by atoms with Gasteiger partial charge >= 0.3 is 0 Å². The lowest BCUT2D eigenvalue weighted by molar-refractivity contribution is -0.117. The molecule has 49 heavy (non-hydrogen) atoms. The van der Waals surface area contributed by atoms with E-state index in [2.05, 4.69) is 69.2 Å². The predicted octanol–water partition coefficient (Wildman–Crippen LogP) is 16.9. The average Bonchev–Trinajstić information content (AvgIpc) is 3.00. The van der Waals surface area contributed by atoms with Gasteiger partial charge in [0.15, 0.2) is 0 Å². The van der Waals surface area contributed by atoms with E-state index in [0.29, 0.717) is 5.78 Å². The van der Waals surface area contributed by atoms with E-state index in [1.165, 1.54) is 161 Å². The molecule has 0 aliphatic carbocycles. The normalized spacial score (nSPS) is 17.1. The molecule has 0 heterocycles. The van der Waals surface area contributed by atoms with E-state index in [-0.39, 0.29) is 0 Å². The minimum absolute atomic E-state index is 0.347. The van der Waals surface area contributed by atoms with Gasteiger partial charge in [0.2, 0.25) is 0 Å². The van der Waals surface area contributed by atoms with Gasteiger partial charge in [-0.25, -0.2) is 0 Å². The molecule has 8 atom stereocenters. The maximum Gasteiger partial charge on any atom is 0.129 e. The fourth-order valence-electron chi connectivity index (χ4n) is 8.43. The number of hydrogen-bond acceptors (Lipinski definition) is 1. The zero-order chi connectivity index (χ0) is 36.9. The molecule has 0 aromatic heterocycles. The third-order valence-electron chi connectivity index (χ3n) is 12.5. The lowest BCUT2D eigenvalue weighted by Gasteiger charge is -2.18. The maximum absolute atomic E-state index is 11.1. The molecule has 0 aromatic rings.